The summed E-state index contributed by atoms with van der Waals surface area (Å²) in [6, 6.07) is 16.5. The van der Waals surface area contributed by atoms with Crippen molar-refractivity contribution in [2.45, 2.75) is 102 Å². The zero-order valence-electron chi connectivity index (χ0n) is 20.1. The molecule has 0 saturated carbocycles. The number of unbranched alkanes of at least 4 members (excludes halogenated alkanes) is 8. The summed E-state index contributed by atoms with van der Waals surface area (Å²) in [4.78, 5) is 0. The first-order chi connectivity index (χ1) is 14.7. The average molecular weight is 422 g/mol. The first-order valence-electron chi connectivity index (χ1n) is 12.3. The molecule has 0 aliphatic rings. The van der Waals surface area contributed by atoms with Crippen LogP contribution in [0.1, 0.15) is 89.2 Å². The van der Waals surface area contributed by atoms with E-state index in [1.807, 2.05) is 24.3 Å². The molecule has 0 heterocycles. The average Bonchev–Trinajstić information content (AvgIpc) is 2.76. The Morgan fingerprint density at radius 2 is 0.900 bits per heavy atom. The van der Waals surface area contributed by atoms with Gasteiger partial charge >= 0.3 is 104 Å². The standard InChI is InChI=1S/C14H14N.2C7H15.Al/c1-11-3-7-13(8-4-11)15-14-9-5-12(2)6-10-14;2*1-3-5-7-6-4-2;/h3-10H,1-2H3;2*1,3-7H2,2H3;/q-1;;;+1. The summed E-state index contributed by atoms with van der Waals surface area (Å²) >= 11 is 0.799. The predicted octanol–water partition coefficient (Wildman–Crippen LogP) is 10.1. The SMILES string of the molecule is CCCCCC[CH2][Al+][CH2]CCCCCC.Cc1ccc([N-]c2ccc(C)cc2)cc1. The van der Waals surface area contributed by atoms with Crippen molar-refractivity contribution in [2.24, 2.45) is 0 Å². The van der Waals surface area contributed by atoms with E-state index in [1.54, 1.807) is 10.6 Å². The summed E-state index contributed by atoms with van der Waals surface area (Å²) in [6.07, 6.45) is 14.6. The van der Waals surface area contributed by atoms with Crippen LogP contribution in [0.3, 0.4) is 0 Å². The van der Waals surface area contributed by atoms with Crippen LogP contribution in [-0.2, 0) is 0 Å². The summed E-state index contributed by atoms with van der Waals surface area (Å²) in [7, 11) is 0. The third-order valence-electron chi connectivity index (χ3n) is 5.35. The minimum atomic E-state index is 0.799. The Hall–Kier alpha value is -1.23. The summed E-state index contributed by atoms with van der Waals surface area (Å²) in [5, 5.41) is 7.66. The van der Waals surface area contributed by atoms with Gasteiger partial charge in [-0.05, 0) is 13.8 Å². The van der Waals surface area contributed by atoms with Crippen LogP contribution in [0.4, 0.5) is 11.4 Å². The molecule has 0 saturated heterocycles. The fourth-order valence-electron chi connectivity index (χ4n) is 3.32. The monoisotopic (exact) mass is 421 g/mol. The first kappa shape index (κ1) is 26.8. The number of nitrogens with zero attached hydrogens (tertiary/aromatic N) is 1. The van der Waals surface area contributed by atoms with Crippen molar-refractivity contribution >= 4 is 26.6 Å². The van der Waals surface area contributed by atoms with Crippen LogP contribution < -0.4 is 0 Å². The molecule has 0 amide bonds. The van der Waals surface area contributed by atoms with E-state index in [2.05, 4.69) is 57.3 Å². The van der Waals surface area contributed by atoms with E-state index in [0.717, 1.165) is 26.6 Å². The second kappa shape index (κ2) is 18.5. The maximum atomic E-state index is 4.52. The van der Waals surface area contributed by atoms with Gasteiger partial charge in [-0.25, -0.2) is 0 Å². The molecule has 0 fully saturated rings. The van der Waals surface area contributed by atoms with Gasteiger partial charge in [0.05, 0.1) is 0 Å². The normalized spacial score (nSPS) is 10.1. The molecule has 0 aliphatic heterocycles. The van der Waals surface area contributed by atoms with Gasteiger partial charge in [0, 0.05) is 0 Å². The van der Waals surface area contributed by atoms with Gasteiger partial charge in [0.1, 0.15) is 0 Å². The zero-order chi connectivity index (χ0) is 21.9. The molecule has 2 aromatic carbocycles. The Morgan fingerprint density at radius 3 is 1.27 bits per heavy atom. The second-order valence-corrected chi connectivity index (χ2v) is 10.2. The second-order valence-electron chi connectivity index (χ2n) is 8.48. The van der Waals surface area contributed by atoms with Gasteiger partial charge < -0.3 is 5.32 Å². The van der Waals surface area contributed by atoms with Crippen molar-refractivity contribution in [3.63, 3.8) is 0 Å². The Balaban J connectivity index is 0.000000300. The van der Waals surface area contributed by atoms with Crippen LogP contribution in [0.25, 0.3) is 5.32 Å². The third kappa shape index (κ3) is 14.7. The predicted molar refractivity (Wildman–Crippen MR) is 138 cm³/mol. The molecule has 30 heavy (non-hydrogen) atoms. The maximum Gasteiger partial charge on any atom is -0.0398 e. The first-order valence-corrected chi connectivity index (χ1v) is 14.0. The molecule has 0 spiro atoms. The summed E-state index contributed by atoms with van der Waals surface area (Å²) in [5.41, 5.74) is 4.53. The summed E-state index contributed by atoms with van der Waals surface area (Å²) in [6.45, 7) is 8.74. The molecule has 2 heteroatoms. The molecule has 1 nitrogen and oxygen atoms in total. The Bertz CT molecular complexity index is 563. The number of aryl methyl sites for hydroxylation is 2. The summed E-state index contributed by atoms with van der Waals surface area (Å²) < 4.78 is 0. The van der Waals surface area contributed by atoms with Crippen LogP contribution in [0.5, 0.6) is 0 Å². The number of hydrogen-bond acceptors (Lipinski definition) is 0. The van der Waals surface area contributed by atoms with Crippen molar-refractivity contribution < 1.29 is 0 Å². The maximum absolute atomic E-state index is 4.52. The van der Waals surface area contributed by atoms with Crippen LogP contribution in [-0.4, -0.2) is 15.2 Å². The summed E-state index contributed by atoms with van der Waals surface area (Å²) in [5.74, 6) is 0. The molecule has 2 rings (SSSR count). The van der Waals surface area contributed by atoms with E-state index in [4.69, 9.17) is 0 Å². The quantitative estimate of drug-likeness (QED) is 0.213. The van der Waals surface area contributed by atoms with Crippen molar-refractivity contribution in [1.82, 2.24) is 0 Å². The Morgan fingerprint density at radius 1 is 0.533 bits per heavy atom. The van der Waals surface area contributed by atoms with Gasteiger partial charge in [-0.3, -0.25) is 0 Å². The fourth-order valence-corrected chi connectivity index (χ4v) is 4.76. The van der Waals surface area contributed by atoms with Crippen molar-refractivity contribution in [1.29, 1.82) is 0 Å². The van der Waals surface area contributed by atoms with Gasteiger partial charge in [0.2, 0.25) is 0 Å². The molecular formula is C28H44AlN. The van der Waals surface area contributed by atoms with E-state index < -0.39 is 0 Å². The van der Waals surface area contributed by atoms with Crippen molar-refractivity contribution in [2.75, 3.05) is 0 Å². The number of hydrogen-bond donors (Lipinski definition) is 0. The molecule has 0 unspecified atom stereocenters. The van der Waals surface area contributed by atoms with Crippen LogP contribution in [0, 0.1) is 13.8 Å². The fraction of sp³-hybridized carbons (Fsp3) is 0.571. The van der Waals surface area contributed by atoms with Gasteiger partial charge in [0.15, 0.2) is 0 Å². The molecule has 164 valence electrons. The van der Waals surface area contributed by atoms with Crippen molar-refractivity contribution in [3.8, 4) is 0 Å². The van der Waals surface area contributed by atoms with Gasteiger partial charge in [-0.2, -0.15) is 0 Å². The third-order valence-corrected chi connectivity index (χ3v) is 6.98. The molecule has 0 N–H and O–H groups in total. The van der Waals surface area contributed by atoms with E-state index in [0.29, 0.717) is 0 Å². The van der Waals surface area contributed by atoms with Crippen LogP contribution in [0.15, 0.2) is 48.5 Å². The van der Waals surface area contributed by atoms with Crippen molar-refractivity contribution in [3.05, 3.63) is 65.0 Å². The zero-order valence-corrected chi connectivity index (χ0v) is 21.3. The van der Waals surface area contributed by atoms with Gasteiger partial charge in [0.25, 0.3) is 0 Å². The Kier molecular flexibility index (Phi) is 16.6. The molecule has 2 aromatic rings. The van der Waals surface area contributed by atoms with Crippen LogP contribution >= 0.6 is 0 Å². The van der Waals surface area contributed by atoms with Gasteiger partial charge in [-0.15, -0.1) is 11.4 Å². The number of benzene rings is 2. The minimum Gasteiger partial charge on any atom is -0.658 e. The topological polar surface area (TPSA) is 14.1 Å². The van der Waals surface area contributed by atoms with E-state index >= 15 is 0 Å². The smallest absolute Gasteiger partial charge is 0.0398 e. The molecule has 0 aliphatic carbocycles. The van der Waals surface area contributed by atoms with Gasteiger partial charge in [-0.1, -0.05) is 59.7 Å². The molecule has 0 aromatic heterocycles. The molecule has 0 atom stereocenters. The number of rotatable bonds is 14. The largest absolute Gasteiger partial charge is 0.658 e. The van der Waals surface area contributed by atoms with Crippen LogP contribution in [0.2, 0.25) is 10.6 Å². The van der Waals surface area contributed by atoms with E-state index in [-0.39, 0.29) is 0 Å². The van der Waals surface area contributed by atoms with E-state index in [1.165, 1.54) is 75.3 Å². The minimum absolute atomic E-state index is 0.799. The molecule has 0 radical (unpaired) electrons. The molecule has 0 bridgehead atoms. The Labute approximate surface area is 193 Å². The van der Waals surface area contributed by atoms with E-state index in [9.17, 15) is 0 Å². The molecular weight excluding hydrogens is 377 g/mol.